The molecule has 1 amide bonds. The van der Waals surface area contributed by atoms with Crippen LogP contribution >= 0.6 is 0 Å². The minimum Gasteiger partial charge on any atom is -0.497 e. The number of nitrogens with zero attached hydrogens (tertiary/aromatic N) is 3. The fraction of sp³-hybridized carbons (Fsp3) is 0.273. The highest BCUT2D eigenvalue weighted by molar-refractivity contribution is 7.89. The monoisotopic (exact) mass is 456 g/mol. The van der Waals surface area contributed by atoms with E-state index in [1.165, 1.54) is 28.6 Å². The summed E-state index contributed by atoms with van der Waals surface area (Å²) in [5, 5.41) is 7.27. The Hall–Kier alpha value is -3.21. The highest BCUT2D eigenvalue weighted by atomic mass is 32.2. The first-order chi connectivity index (χ1) is 15.5. The summed E-state index contributed by atoms with van der Waals surface area (Å²) in [6.45, 7) is 1.67. The van der Waals surface area contributed by atoms with Crippen LogP contribution in [-0.2, 0) is 21.3 Å². The lowest BCUT2D eigenvalue weighted by molar-refractivity contribution is 0.0730. The molecule has 9 nitrogen and oxygen atoms in total. The Morgan fingerprint density at radius 3 is 2.41 bits per heavy atom. The van der Waals surface area contributed by atoms with Gasteiger partial charge in [0.2, 0.25) is 10.0 Å². The van der Waals surface area contributed by atoms with Crippen molar-refractivity contribution in [3.05, 3.63) is 72.1 Å². The highest BCUT2D eigenvalue weighted by Gasteiger charge is 2.26. The second-order valence-corrected chi connectivity index (χ2v) is 9.11. The Labute approximate surface area is 186 Å². The number of amides is 1. The van der Waals surface area contributed by atoms with Crippen molar-refractivity contribution >= 4 is 15.9 Å². The number of hydrogen-bond donors (Lipinski definition) is 1. The summed E-state index contributed by atoms with van der Waals surface area (Å²) in [4.78, 5) is 12.7. The molecule has 2 heterocycles. The van der Waals surface area contributed by atoms with Crippen LogP contribution < -0.4 is 10.1 Å². The Morgan fingerprint density at radius 1 is 1.06 bits per heavy atom. The molecule has 0 saturated carbocycles. The number of carbonyl (C=O) groups is 1. The van der Waals surface area contributed by atoms with E-state index in [0.29, 0.717) is 37.6 Å². The van der Waals surface area contributed by atoms with Crippen molar-refractivity contribution in [2.75, 3.05) is 33.4 Å². The lowest BCUT2D eigenvalue weighted by Crippen LogP contribution is -2.40. The Morgan fingerprint density at radius 2 is 1.75 bits per heavy atom. The summed E-state index contributed by atoms with van der Waals surface area (Å²) in [6.07, 6.45) is 1.81. The number of sulfonamides is 1. The van der Waals surface area contributed by atoms with Crippen LogP contribution in [0.4, 0.5) is 0 Å². The van der Waals surface area contributed by atoms with Gasteiger partial charge in [0.15, 0.2) is 0 Å². The van der Waals surface area contributed by atoms with E-state index in [2.05, 4.69) is 10.4 Å². The van der Waals surface area contributed by atoms with Crippen LogP contribution in [0.1, 0.15) is 16.1 Å². The van der Waals surface area contributed by atoms with Gasteiger partial charge in [0.05, 0.1) is 43.1 Å². The van der Waals surface area contributed by atoms with E-state index in [1.54, 1.807) is 11.8 Å². The van der Waals surface area contributed by atoms with Crippen LogP contribution in [-0.4, -0.2) is 61.8 Å². The SMILES string of the molecule is COc1ccc(-n2ccc(CNC(=O)c3ccc(S(=O)(=O)N4CCOCC4)cc3)n2)cc1. The van der Waals surface area contributed by atoms with E-state index >= 15 is 0 Å². The lowest BCUT2D eigenvalue weighted by Gasteiger charge is -2.26. The molecule has 168 valence electrons. The maximum atomic E-state index is 12.7. The second-order valence-electron chi connectivity index (χ2n) is 7.17. The smallest absolute Gasteiger partial charge is 0.251 e. The Balaban J connectivity index is 1.36. The average Bonchev–Trinajstić information content (AvgIpc) is 3.32. The molecule has 4 rings (SSSR count). The zero-order valence-corrected chi connectivity index (χ0v) is 18.4. The predicted octanol–water partition coefficient (Wildman–Crippen LogP) is 1.83. The molecule has 32 heavy (non-hydrogen) atoms. The number of hydrogen-bond acceptors (Lipinski definition) is 6. The molecule has 0 atom stereocenters. The first-order valence-electron chi connectivity index (χ1n) is 10.1. The van der Waals surface area contributed by atoms with Gasteiger partial charge in [-0.1, -0.05) is 0 Å². The zero-order chi connectivity index (χ0) is 22.6. The molecule has 10 heteroatoms. The van der Waals surface area contributed by atoms with Crippen LogP contribution in [0.25, 0.3) is 5.69 Å². The molecule has 0 bridgehead atoms. The molecule has 1 saturated heterocycles. The number of ether oxygens (including phenoxy) is 2. The summed E-state index contributed by atoms with van der Waals surface area (Å²) >= 11 is 0. The van der Waals surface area contributed by atoms with E-state index < -0.39 is 10.0 Å². The molecule has 0 aliphatic carbocycles. The van der Waals surface area contributed by atoms with E-state index in [1.807, 2.05) is 36.5 Å². The van der Waals surface area contributed by atoms with E-state index in [9.17, 15) is 13.2 Å². The normalized spacial score (nSPS) is 14.8. The van der Waals surface area contributed by atoms with Gasteiger partial charge in [-0.2, -0.15) is 9.40 Å². The second kappa shape index (κ2) is 9.51. The van der Waals surface area contributed by atoms with Crippen LogP contribution in [0.15, 0.2) is 65.7 Å². The average molecular weight is 457 g/mol. The highest BCUT2D eigenvalue weighted by Crippen LogP contribution is 2.18. The van der Waals surface area contributed by atoms with Gasteiger partial charge in [-0.25, -0.2) is 13.1 Å². The number of rotatable bonds is 7. The molecule has 1 aliphatic rings. The van der Waals surface area contributed by atoms with E-state index in [-0.39, 0.29) is 17.3 Å². The van der Waals surface area contributed by atoms with Crippen molar-refractivity contribution in [3.8, 4) is 11.4 Å². The minimum absolute atomic E-state index is 0.161. The maximum absolute atomic E-state index is 12.7. The zero-order valence-electron chi connectivity index (χ0n) is 17.6. The van der Waals surface area contributed by atoms with Gasteiger partial charge in [-0.15, -0.1) is 0 Å². The Kier molecular flexibility index (Phi) is 6.54. The lowest BCUT2D eigenvalue weighted by atomic mass is 10.2. The first kappa shape index (κ1) is 22.0. The maximum Gasteiger partial charge on any atom is 0.251 e. The van der Waals surface area contributed by atoms with E-state index in [4.69, 9.17) is 9.47 Å². The number of methoxy groups -OCH3 is 1. The molecule has 1 aliphatic heterocycles. The number of morpholine rings is 1. The molecule has 1 N–H and O–H groups in total. The Bertz CT molecular complexity index is 1170. The standard InChI is InChI=1S/C22H24N4O5S/c1-30-20-6-4-19(5-7-20)26-11-10-18(24-26)16-23-22(27)17-2-8-21(9-3-17)32(28,29)25-12-14-31-15-13-25/h2-11H,12-16H2,1H3,(H,23,27). The number of nitrogens with one attached hydrogen (secondary N) is 1. The molecule has 1 aromatic heterocycles. The third-order valence-electron chi connectivity index (χ3n) is 5.14. The van der Waals surface area contributed by atoms with Crippen molar-refractivity contribution < 1.29 is 22.7 Å². The van der Waals surface area contributed by atoms with Gasteiger partial charge in [0.25, 0.3) is 5.91 Å². The topological polar surface area (TPSA) is 103 Å². The summed E-state index contributed by atoms with van der Waals surface area (Å²) in [5.74, 6) is 0.455. The van der Waals surface area contributed by atoms with Crippen molar-refractivity contribution in [2.24, 2.45) is 0 Å². The van der Waals surface area contributed by atoms with Crippen molar-refractivity contribution in [2.45, 2.75) is 11.4 Å². The third-order valence-corrected chi connectivity index (χ3v) is 7.05. The summed E-state index contributed by atoms with van der Waals surface area (Å²) in [5.41, 5.74) is 1.95. The van der Waals surface area contributed by atoms with Crippen LogP contribution in [0.5, 0.6) is 5.75 Å². The van der Waals surface area contributed by atoms with Crippen molar-refractivity contribution in [1.29, 1.82) is 0 Å². The largest absolute Gasteiger partial charge is 0.497 e. The predicted molar refractivity (Wildman–Crippen MR) is 117 cm³/mol. The van der Waals surface area contributed by atoms with Crippen LogP contribution in [0.2, 0.25) is 0 Å². The first-order valence-corrected chi connectivity index (χ1v) is 11.6. The molecule has 0 spiro atoms. The van der Waals surface area contributed by atoms with Gasteiger partial charge in [-0.05, 0) is 54.6 Å². The third kappa shape index (κ3) is 4.82. The molecular weight excluding hydrogens is 432 g/mol. The van der Waals surface area contributed by atoms with Crippen molar-refractivity contribution in [1.82, 2.24) is 19.4 Å². The van der Waals surface area contributed by atoms with Gasteiger partial charge in [0, 0.05) is 24.8 Å². The number of aromatic nitrogens is 2. The van der Waals surface area contributed by atoms with Gasteiger partial charge in [-0.3, -0.25) is 4.79 Å². The summed E-state index contributed by atoms with van der Waals surface area (Å²) in [7, 11) is -1.98. The van der Waals surface area contributed by atoms with Crippen LogP contribution in [0, 0.1) is 0 Å². The van der Waals surface area contributed by atoms with E-state index in [0.717, 1.165) is 11.4 Å². The van der Waals surface area contributed by atoms with Crippen LogP contribution in [0.3, 0.4) is 0 Å². The van der Waals surface area contributed by atoms with Gasteiger partial charge in [0.1, 0.15) is 5.75 Å². The molecule has 0 radical (unpaired) electrons. The molecular formula is C22H24N4O5S. The molecule has 1 fully saturated rings. The minimum atomic E-state index is -3.59. The molecule has 3 aromatic rings. The fourth-order valence-electron chi connectivity index (χ4n) is 3.32. The summed E-state index contributed by atoms with van der Waals surface area (Å²) < 4.78 is 38.8. The van der Waals surface area contributed by atoms with Gasteiger partial charge < -0.3 is 14.8 Å². The van der Waals surface area contributed by atoms with Gasteiger partial charge >= 0.3 is 0 Å². The number of benzene rings is 2. The summed E-state index contributed by atoms with van der Waals surface area (Å²) in [6, 6.07) is 15.2. The molecule has 2 aromatic carbocycles. The van der Waals surface area contributed by atoms with Crippen molar-refractivity contribution in [3.63, 3.8) is 0 Å². The molecule has 0 unspecified atom stereocenters. The quantitative estimate of drug-likeness (QED) is 0.582. The fourth-order valence-corrected chi connectivity index (χ4v) is 4.73. The number of carbonyl (C=O) groups excluding carboxylic acids is 1.